The smallest absolute Gasteiger partial charge is 0.315 e. The lowest BCUT2D eigenvalue weighted by atomic mass is 9.84. The monoisotopic (exact) mass is 703 g/mol. The van der Waals surface area contributed by atoms with Crippen molar-refractivity contribution in [3.63, 3.8) is 0 Å². The van der Waals surface area contributed by atoms with Gasteiger partial charge in [0.15, 0.2) is 6.29 Å². The number of benzene rings is 4. The van der Waals surface area contributed by atoms with Crippen molar-refractivity contribution in [1.82, 2.24) is 20.9 Å². The fourth-order valence-corrected chi connectivity index (χ4v) is 7.90. The highest BCUT2D eigenvalue weighted by Gasteiger charge is 2.51. The molecule has 4 aromatic carbocycles. The van der Waals surface area contributed by atoms with E-state index in [0.29, 0.717) is 19.8 Å². The summed E-state index contributed by atoms with van der Waals surface area (Å²) in [6, 6.07) is 34.4. The number of nitrogens with zero attached hydrogens (tertiary/aromatic N) is 2. The summed E-state index contributed by atoms with van der Waals surface area (Å²) in [5, 5.41) is 18.5. The van der Waals surface area contributed by atoms with Crippen LogP contribution in [0.3, 0.4) is 0 Å². The molecular formula is C42H49N5O5. The molecule has 0 saturated carbocycles. The van der Waals surface area contributed by atoms with Gasteiger partial charge in [-0.05, 0) is 59.7 Å². The number of aliphatic hydroxyl groups is 1. The molecule has 3 saturated heterocycles. The van der Waals surface area contributed by atoms with Gasteiger partial charge in [0.05, 0.1) is 25.5 Å². The number of urea groups is 1. The van der Waals surface area contributed by atoms with E-state index in [1.54, 1.807) is 0 Å². The van der Waals surface area contributed by atoms with Gasteiger partial charge in [-0.15, -0.1) is 0 Å². The molecule has 3 aliphatic heterocycles. The minimum Gasteiger partial charge on any atom is -0.392 e. The van der Waals surface area contributed by atoms with Gasteiger partial charge in [0, 0.05) is 49.9 Å². The van der Waals surface area contributed by atoms with E-state index < -0.39 is 11.8 Å². The average molecular weight is 704 g/mol. The normalized spacial score (nSPS) is 23.0. The lowest BCUT2D eigenvalue weighted by Crippen LogP contribution is -2.57. The van der Waals surface area contributed by atoms with Gasteiger partial charge in [-0.1, -0.05) is 97.9 Å². The van der Waals surface area contributed by atoms with Crippen molar-refractivity contribution in [3.05, 3.63) is 125 Å². The van der Waals surface area contributed by atoms with Crippen LogP contribution in [-0.2, 0) is 27.4 Å². The third-order valence-corrected chi connectivity index (χ3v) is 10.9. The Morgan fingerprint density at radius 3 is 2.29 bits per heavy atom. The number of nitrogens with one attached hydrogen (secondary N) is 3. The Morgan fingerprint density at radius 2 is 1.58 bits per heavy atom. The van der Waals surface area contributed by atoms with E-state index in [-0.39, 0.29) is 36.7 Å². The number of likely N-dealkylation sites (tertiary alicyclic amines) is 1. The highest BCUT2D eigenvalue weighted by molar-refractivity contribution is 5.93. The van der Waals surface area contributed by atoms with E-state index in [4.69, 9.17) is 9.47 Å². The van der Waals surface area contributed by atoms with Gasteiger partial charge in [-0.2, -0.15) is 0 Å². The number of para-hydroxylation sites is 1. The zero-order valence-corrected chi connectivity index (χ0v) is 30.0. The van der Waals surface area contributed by atoms with Crippen LogP contribution in [0, 0.1) is 5.92 Å². The molecular weight excluding hydrogens is 654 g/mol. The van der Waals surface area contributed by atoms with E-state index in [0.717, 1.165) is 71.5 Å². The maximum Gasteiger partial charge on any atom is 0.315 e. The van der Waals surface area contributed by atoms with Crippen molar-refractivity contribution in [3.8, 4) is 11.1 Å². The minimum atomic E-state index is -0.585. The van der Waals surface area contributed by atoms with Crippen molar-refractivity contribution in [2.45, 2.75) is 63.9 Å². The zero-order chi connectivity index (χ0) is 36.1. The quantitative estimate of drug-likeness (QED) is 0.163. The molecule has 10 nitrogen and oxygen atoms in total. The molecule has 1 spiro atoms. The maximum absolute atomic E-state index is 13.3. The summed E-state index contributed by atoms with van der Waals surface area (Å²) in [6.45, 7) is 7.88. The predicted molar refractivity (Wildman–Crippen MR) is 201 cm³/mol. The summed E-state index contributed by atoms with van der Waals surface area (Å²) < 4.78 is 13.6. The van der Waals surface area contributed by atoms with Crippen LogP contribution >= 0.6 is 0 Å². The fourth-order valence-electron chi connectivity index (χ4n) is 7.90. The van der Waals surface area contributed by atoms with Crippen LogP contribution < -0.4 is 20.9 Å². The first-order valence-corrected chi connectivity index (χ1v) is 18.4. The van der Waals surface area contributed by atoms with E-state index >= 15 is 0 Å². The SMILES string of the molecule is CCNC(=O)NCc1ccccc1-c1ccc(C2OC(CN3CCC4(CC3)C(=O)NCN4c3ccccc3)C(C)C(c3ccc(CO)cc3)O2)cc1. The van der Waals surface area contributed by atoms with Gasteiger partial charge in [0.1, 0.15) is 5.54 Å². The van der Waals surface area contributed by atoms with Crippen molar-refractivity contribution in [2.75, 3.05) is 37.7 Å². The van der Waals surface area contributed by atoms with E-state index in [9.17, 15) is 14.7 Å². The van der Waals surface area contributed by atoms with Crippen molar-refractivity contribution in [1.29, 1.82) is 0 Å². The molecule has 3 amide bonds. The summed E-state index contributed by atoms with van der Waals surface area (Å²) in [5.74, 6) is 0.161. The second-order valence-corrected chi connectivity index (χ2v) is 14.1. The molecule has 3 heterocycles. The number of carbonyl (C=O) groups excluding carboxylic acids is 2. The summed E-state index contributed by atoms with van der Waals surface area (Å²) in [7, 11) is 0. The van der Waals surface area contributed by atoms with Crippen LogP contribution in [-0.4, -0.2) is 66.4 Å². The number of amides is 3. The molecule has 4 aromatic rings. The molecule has 10 heteroatoms. The van der Waals surface area contributed by atoms with Gasteiger partial charge >= 0.3 is 6.03 Å². The van der Waals surface area contributed by atoms with Gasteiger partial charge in [0.25, 0.3) is 0 Å². The highest BCUT2D eigenvalue weighted by atomic mass is 16.7. The molecule has 272 valence electrons. The Hall–Kier alpha value is -4.74. The summed E-state index contributed by atoms with van der Waals surface area (Å²) in [4.78, 5) is 30.1. The van der Waals surface area contributed by atoms with Crippen LogP contribution in [0.15, 0.2) is 103 Å². The van der Waals surface area contributed by atoms with Crippen molar-refractivity contribution >= 4 is 17.6 Å². The first-order chi connectivity index (χ1) is 25.4. The molecule has 3 fully saturated rings. The molecule has 52 heavy (non-hydrogen) atoms. The van der Waals surface area contributed by atoms with E-state index in [1.165, 1.54) is 0 Å². The number of piperidine rings is 1. The summed E-state index contributed by atoms with van der Waals surface area (Å²) >= 11 is 0. The van der Waals surface area contributed by atoms with E-state index in [2.05, 4.69) is 75.1 Å². The maximum atomic E-state index is 13.3. The molecule has 3 aliphatic rings. The van der Waals surface area contributed by atoms with Gasteiger partial charge in [-0.25, -0.2) is 4.79 Å². The average Bonchev–Trinajstić information content (AvgIpc) is 3.50. The number of aliphatic hydroxyl groups excluding tert-OH is 1. The highest BCUT2D eigenvalue weighted by Crippen LogP contribution is 2.43. The number of carbonyl (C=O) groups is 2. The Bertz CT molecular complexity index is 1810. The Kier molecular flexibility index (Phi) is 10.9. The zero-order valence-electron chi connectivity index (χ0n) is 30.0. The van der Waals surface area contributed by atoms with Crippen molar-refractivity contribution in [2.24, 2.45) is 5.92 Å². The standard InChI is InChI=1S/C42H49N5O5/c1-3-43-41(50)44-25-34-9-7-8-12-36(34)31-17-19-33(20-18-31)39-51-37(29(2)38(52-39)32-15-13-30(27-48)14-16-32)26-46-23-21-42(22-24-46)40(49)45-28-47(42)35-10-5-4-6-11-35/h4-20,29,37-39,48H,3,21-28H2,1-2H3,(H,45,49)(H2,43,44,50). The van der Waals surface area contributed by atoms with E-state index in [1.807, 2.05) is 67.6 Å². The molecule has 7 rings (SSSR count). The Labute approximate surface area is 306 Å². The second kappa shape index (κ2) is 15.9. The number of hydrogen-bond acceptors (Lipinski definition) is 7. The molecule has 4 atom stereocenters. The van der Waals surface area contributed by atoms with Crippen LogP contribution in [0.4, 0.5) is 10.5 Å². The number of ether oxygens (including phenoxy) is 2. The Morgan fingerprint density at radius 1 is 0.885 bits per heavy atom. The summed E-state index contributed by atoms with van der Waals surface area (Å²) in [5.41, 5.74) is 6.47. The third-order valence-electron chi connectivity index (χ3n) is 10.9. The second-order valence-electron chi connectivity index (χ2n) is 14.1. The van der Waals surface area contributed by atoms with Crippen LogP contribution in [0.25, 0.3) is 11.1 Å². The van der Waals surface area contributed by atoms with Gasteiger partial charge in [0.2, 0.25) is 5.91 Å². The van der Waals surface area contributed by atoms with Gasteiger partial charge in [-0.3, -0.25) is 4.79 Å². The lowest BCUT2D eigenvalue weighted by molar-refractivity contribution is -0.276. The summed E-state index contributed by atoms with van der Waals surface area (Å²) in [6.07, 6.45) is 0.546. The molecule has 4 N–H and O–H groups in total. The minimum absolute atomic E-state index is 0.0105. The van der Waals surface area contributed by atoms with Crippen LogP contribution in [0.2, 0.25) is 0 Å². The van der Waals surface area contributed by atoms with Gasteiger partial charge < -0.3 is 40.3 Å². The van der Waals surface area contributed by atoms with Crippen molar-refractivity contribution < 1.29 is 24.2 Å². The largest absolute Gasteiger partial charge is 0.392 e. The number of hydrogen-bond donors (Lipinski definition) is 4. The third kappa shape index (κ3) is 7.43. The molecule has 0 radical (unpaired) electrons. The topological polar surface area (TPSA) is 115 Å². The van der Waals surface area contributed by atoms with Crippen LogP contribution in [0.1, 0.15) is 61.3 Å². The molecule has 0 aromatic heterocycles. The Balaban J connectivity index is 1.09. The molecule has 4 unspecified atom stereocenters. The number of rotatable bonds is 10. The lowest BCUT2D eigenvalue weighted by Gasteiger charge is -2.46. The fraction of sp³-hybridized carbons (Fsp3) is 0.381. The predicted octanol–water partition coefficient (Wildman–Crippen LogP) is 5.88. The first kappa shape index (κ1) is 35.7. The molecule has 0 bridgehead atoms. The molecule has 0 aliphatic carbocycles. The van der Waals surface area contributed by atoms with Crippen LogP contribution in [0.5, 0.6) is 0 Å². The first-order valence-electron chi connectivity index (χ1n) is 18.4. The number of anilines is 1.